The first-order valence-corrected chi connectivity index (χ1v) is 12.4. The van der Waals surface area contributed by atoms with E-state index in [-0.39, 0.29) is 51.0 Å². The number of pyridine rings is 1. The number of hydrogen-bond donors (Lipinski definition) is 1. The summed E-state index contributed by atoms with van der Waals surface area (Å²) in [5.41, 5.74) is 2.01. The number of aromatic nitrogens is 1. The summed E-state index contributed by atoms with van der Waals surface area (Å²) >= 11 is 6.19. The Hall–Kier alpha value is -4.49. The third-order valence-corrected chi connectivity index (χ3v) is 7.26. The number of rotatable bonds is 6. The van der Waals surface area contributed by atoms with E-state index in [0.29, 0.717) is 5.56 Å². The molecule has 0 aliphatic heterocycles. The smallest absolute Gasteiger partial charge is 0.335 e. The number of carbonyl (C=O) groups is 3. The molecule has 0 saturated carbocycles. The summed E-state index contributed by atoms with van der Waals surface area (Å²) in [5, 5.41) is 9.57. The highest BCUT2D eigenvalue weighted by atomic mass is 35.5. The van der Waals surface area contributed by atoms with Crippen LogP contribution in [0.5, 0.6) is 5.75 Å². The van der Waals surface area contributed by atoms with E-state index in [1.54, 1.807) is 18.2 Å². The molecular weight excluding hydrogens is 518 g/mol. The third kappa shape index (κ3) is 4.77. The van der Waals surface area contributed by atoms with Crippen LogP contribution in [0.2, 0.25) is 5.02 Å². The van der Waals surface area contributed by atoms with Crippen LogP contribution >= 0.6 is 11.6 Å². The number of carboxylic acid groups (broad SMARTS) is 1. The van der Waals surface area contributed by atoms with Crippen molar-refractivity contribution in [3.63, 3.8) is 0 Å². The molecule has 0 spiro atoms. The largest absolute Gasteiger partial charge is 0.495 e. The Kier molecular flexibility index (Phi) is 5.97. The predicted molar refractivity (Wildman–Crippen MR) is 147 cm³/mol. The number of ether oxygens (including phenoxy) is 1. The zero-order valence-electron chi connectivity index (χ0n) is 23.7. The maximum Gasteiger partial charge on any atom is 0.335 e. The van der Waals surface area contributed by atoms with Crippen molar-refractivity contribution in [1.29, 1.82) is 0 Å². The van der Waals surface area contributed by atoms with E-state index in [4.69, 9.17) is 20.5 Å². The van der Waals surface area contributed by atoms with Gasteiger partial charge in [0, 0.05) is 28.6 Å². The van der Waals surface area contributed by atoms with E-state index in [1.807, 2.05) is 18.2 Å². The molecule has 3 aromatic carbocycles. The lowest BCUT2D eigenvalue weighted by Crippen LogP contribution is -2.37. The van der Waals surface area contributed by atoms with Crippen LogP contribution in [0.25, 0.3) is 11.1 Å². The van der Waals surface area contributed by atoms with Gasteiger partial charge in [-0.25, -0.2) is 4.79 Å². The highest BCUT2D eigenvalue weighted by molar-refractivity contribution is 6.31. The lowest BCUT2D eigenvalue weighted by molar-refractivity contribution is -0.123. The topological polar surface area (TPSA) is 103 Å². The molecule has 2 atom stereocenters. The number of fused-ring (bicyclic) bond motifs is 1. The summed E-state index contributed by atoms with van der Waals surface area (Å²) < 4.78 is 29.7. The van der Waals surface area contributed by atoms with Crippen LogP contribution in [-0.2, 0) is 11.2 Å². The van der Waals surface area contributed by atoms with Crippen molar-refractivity contribution < 1.29 is 28.3 Å². The quantitative estimate of drug-likeness (QED) is 0.318. The van der Waals surface area contributed by atoms with E-state index in [2.05, 4.69) is 0 Å². The third-order valence-electron chi connectivity index (χ3n) is 7.02. The normalized spacial score (nSPS) is 17.9. The summed E-state index contributed by atoms with van der Waals surface area (Å²) in [6.45, 7) is 1.33. The molecule has 0 fully saturated rings. The molecule has 1 aromatic heterocycles. The molecule has 1 heterocycles. The molecule has 1 unspecified atom stereocenters. The molecule has 1 aliphatic rings. The number of nitrogens with zero attached hydrogens (tertiary/aromatic N) is 1. The fourth-order valence-corrected chi connectivity index (χ4v) is 5.34. The van der Waals surface area contributed by atoms with Crippen LogP contribution < -0.4 is 10.3 Å². The van der Waals surface area contributed by atoms with Gasteiger partial charge in [-0.15, -0.1) is 0 Å². The second kappa shape index (κ2) is 10.3. The van der Waals surface area contributed by atoms with Crippen LogP contribution in [0.4, 0.5) is 0 Å². The molecule has 1 aliphatic carbocycles. The molecule has 0 amide bonds. The van der Waals surface area contributed by atoms with Crippen LogP contribution in [0.15, 0.2) is 83.8 Å². The van der Waals surface area contributed by atoms with Gasteiger partial charge in [0.05, 0.1) is 28.8 Å². The Labute approximate surface area is 233 Å². The van der Waals surface area contributed by atoms with Crippen molar-refractivity contribution in [2.75, 3.05) is 7.04 Å². The summed E-state index contributed by atoms with van der Waals surface area (Å²) in [6.07, 6.45) is 1.34. The van der Waals surface area contributed by atoms with Crippen molar-refractivity contribution in [2.45, 2.75) is 25.3 Å². The van der Waals surface area contributed by atoms with Crippen LogP contribution in [0, 0.1) is 0 Å². The fraction of sp³-hybridized carbons (Fsp3) is 0.161. The van der Waals surface area contributed by atoms with Gasteiger partial charge in [-0.05, 0) is 59.5 Å². The number of methoxy groups -OCH3 is 1. The lowest BCUT2D eigenvalue weighted by atomic mass is 9.75. The van der Waals surface area contributed by atoms with Gasteiger partial charge in [0.25, 0.3) is 5.56 Å². The van der Waals surface area contributed by atoms with E-state index in [9.17, 15) is 24.3 Å². The molecule has 39 heavy (non-hydrogen) atoms. The fourth-order valence-electron chi connectivity index (χ4n) is 5.16. The molecule has 196 valence electrons. The predicted octanol–water partition coefficient (Wildman–Crippen LogP) is 5.58. The number of benzene rings is 3. The number of Topliss-reactive ketones (excluding diaryl/α,β-unsaturated/α-hetero) is 2. The summed E-state index contributed by atoms with van der Waals surface area (Å²) in [7, 11) is -2.91. The van der Waals surface area contributed by atoms with Crippen LogP contribution in [-0.4, -0.2) is 34.2 Å². The van der Waals surface area contributed by atoms with Crippen molar-refractivity contribution in [2.24, 2.45) is 0 Å². The maximum atomic E-state index is 14.1. The average Bonchev–Trinajstić information content (AvgIpc) is 2.92. The van der Waals surface area contributed by atoms with E-state index in [1.165, 1.54) is 43.5 Å². The van der Waals surface area contributed by atoms with Crippen molar-refractivity contribution in [3.05, 3.63) is 122 Å². The number of aromatic carboxylic acids is 1. The van der Waals surface area contributed by atoms with Gasteiger partial charge >= 0.3 is 5.97 Å². The molecule has 0 bridgehead atoms. The highest BCUT2D eigenvalue weighted by Gasteiger charge is 2.37. The van der Waals surface area contributed by atoms with Gasteiger partial charge in [-0.1, -0.05) is 48.0 Å². The number of hydrogen-bond acceptors (Lipinski definition) is 5. The Morgan fingerprint density at radius 1 is 1.03 bits per heavy atom. The zero-order valence-corrected chi connectivity index (χ0v) is 21.4. The Bertz CT molecular complexity index is 1800. The van der Waals surface area contributed by atoms with Crippen LogP contribution in [0.1, 0.15) is 60.4 Å². The van der Waals surface area contributed by atoms with Gasteiger partial charge in [0.1, 0.15) is 11.8 Å². The van der Waals surface area contributed by atoms with E-state index < -0.39 is 30.5 Å². The first-order valence-electron chi connectivity index (χ1n) is 13.5. The molecule has 0 radical (unpaired) electrons. The first kappa shape index (κ1) is 22.5. The van der Waals surface area contributed by atoms with Gasteiger partial charge in [-0.3, -0.25) is 14.4 Å². The van der Waals surface area contributed by atoms with Crippen molar-refractivity contribution >= 4 is 29.1 Å². The van der Waals surface area contributed by atoms with E-state index in [0.717, 1.165) is 21.8 Å². The average molecular weight is 545 g/mol. The summed E-state index contributed by atoms with van der Waals surface area (Å²) in [4.78, 5) is 51.5. The number of carboxylic acids is 1. The maximum absolute atomic E-state index is 14.1. The zero-order chi connectivity index (χ0) is 30.3. The highest BCUT2D eigenvalue weighted by Crippen LogP contribution is 2.40. The molecule has 0 saturated heterocycles. The Morgan fingerprint density at radius 3 is 2.46 bits per heavy atom. The second-order valence-corrected chi connectivity index (χ2v) is 9.76. The standard InChI is InChI=1S/C31H24ClNO6/c1-17(34)22-12-11-21(32)14-24(22)25-15-28(35)33(16-27(25)39-2)26-13-20-5-3-4-6-23(20)29(30(26)36)18-7-9-19(10-8-18)31(37)38/h3-12,14-16,26,29H,13H2,1-2H3,(H,37,38)/t26-,29?/m0/s1/i2D3. The van der Waals surface area contributed by atoms with Crippen LogP contribution in [0.3, 0.4) is 0 Å². The molecule has 7 nitrogen and oxygen atoms in total. The lowest BCUT2D eigenvalue weighted by Gasteiger charge is -2.32. The minimum Gasteiger partial charge on any atom is -0.495 e. The second-order valence-electron chi connectivity index (χ2n) is 9.33. The van der Waals surface area contributed by atoms with Gasteiger partial charge in [-0.2, -0.15) is 0 Å². The molecule has 1 N–H and O–H groups in total. The summed E-state index contributed by atoms with van der Waals surface area (Å²) in [6, 6.07) is 17.8. The molecule has 5 rings (SSSR count). The van der Waals surface area contributed by atoms with Gasteiger partial charge in [0.2, 0.25) is 0 Å². The Morgan fingerprint density at radius 2 is 1.77 bits per heavy atom. The van der Waals surface area contributed by atoms with Gasteiger partial charge < -0.3 is 14.4 Å². The molecule has 4 aromatic rings. The first-order chi connectivity index (χ1) is 19.8. The van der Waals surface area contributed by atoms with Crippen molar-refractivity contribution in [3.8, 4) is 16.9 Å². The number of ketones is 2. The minimum atomic E-state index is -2.91. The van der Waals surface area contributed by atoms with Gasteiger partial charge in [0.15, 0.2) is 11.6 Å². The SMILES string of the molecule is [2H]C([2H])([2H])Oc1cn([C@H]2Cc3ccccc3C(c3ccc(C(=O)O)cc3)C2=O)c(=O)cc1-c1cc(Cl)ccc1C(C)=O. The monoisotopic (exact) mass is 544 g/mol. The van der Waals surface area contributed by atoms with Crippen molar-refractivity contribution in [1.82, 2.24) is 4.57 Å². The number of carbonyl (C=O) groups excluding carboxylic acids is 2. The molecular formula is C31H24ClNO6. The molecule has 8 heteroatoms. The van der Waals surface area contributed by atoms with E-state index >= 15 is 0 Å². The number of halogens is 1. The minimum absolute atomic E-state index is 0.0459. The Balaban J connectivity index is 1.68. The summed E-state index contributed by atoms with van der Waals surface area (Å²) in [5.74, 6) is -2.80.